The number of hydrogen-bond donors (Lipinski definition) is 3. The third kappa shape index (κ3) is 5.43. The van der Waals surface area contributed by atoms with E-state index in [1.54, 1.807) is 0 Å². The fourth-order valence-corrected chi connectivity index (χ4v) is 4.28. The summed E-state index contributed by atoms with van der Waals surface area (Å²) in [6.07, 6.45) is -4.30. The second kappa shape index (κ2) is 9.97. The molecule has 0 radical (unpaired) electrons. The van der Waals surface area contributed by atoms with E-state index in [0.717, 1.165) is 23.7 Å². The van der Waals surface area contributed by atoms with E-state index in [2.05, 4.69) is 0 Å². The summed E-state index contributed by atoms with van der Waals surface area (Å²) in [6.45, 7) is 1.26. The SMILES string of the molecule is Cc1c(/C([NH2+]c2ccc(C#N)cc2)=C(/C=N)S(N)(=O)=O)c(=O)n(C)c(=O)n1-c1cccc(C(F)(F)F)c1. The molecule has 37 heavy (non-hydrogen) atoms. The van der Waals surface area contributed by atoms with Gasteiger partial charge in [0.25, 0.3) is 5.56 Å². The van der Waals surface area contributed by atoms with Crippen molar-refractivity contribution in [1.29, 1.82) is 10.7 Å². The molecule has 0 saturated heterocycles. The molecule has 3 rings (SSSR count). The number of nitrogens with zero attached hydrogens (tertiary/aromatic N) is 3. The van der Waals surface area contributed by atoms with Gasteiger partial charge in [0.1, 0.15) is 11.3 Å². The molecule has 0 spiro atoms. The van der Waals surface area contributed by atoms with Crippen LogP contribution in [0.1, 0.15) is 22.4 Å². The second-order valence-electron chi connectivity index (χ2n) is 7.84. The molecule has 0 amide bonds. The van der Waals surface area contributed by atoms with Crippen LogP contribution < -0.4 is 21.7 Å². The number of halogens is 3. The Balaban J connectivity index is 2.43. The fraction of sp³-hybridized carbons (Fsp3) is 0.130. The highest BCUT2D eigenvalue weighted by Crippen LogP contribution is 2.30. The highest BCUT2D eigenvalue weighted by molar-refractivity contribution is 7.94. The summed E-state index contributed by atoms with van der Waals surface area (Å²) in [5.74, 6) is 0. The number of aromatic nitrogens is 2. The van der Waals surface area contributed by atoms with Crippen molar-refractivity contribution >= 4 is 27.6 Å². The summed E-state index contributed by atoms with van der Waals surface area (Å²) in [4.78, 5) is 25.5. The standard InChI is InChI=1S/C23H19F3N6O4S/c1-13-19(20(18(12-28)37(29,35)36)30-16-8-6-14(11-27)7-9-16)21(33)31(2)22(34)32(13)17-5-3-4-15(10-17)23(24,25)26/h3-10,12,28,30H,1-2H3,(H2,29,35,36)/p+1/b20-18+,28-12?. The molecule has 0 aliphatic carbocycles. The van der Waals surface area contributed by atoms with Crippen molar-refractivity contribution in [2.75, 3.05) is 0 Å². The predicted molar refractivity (Wildman–Crippen MR) is 129 cm³/mol. The van der Waals surface area contributed by atoms with E-state index in [1.165, 1.54) is 42.6 Å². The number of hydrogen-bond acceptors (Lipinski definition) is 6. The van der Waals surface area contributed by atoms with Gasteiger partial charge in [-0.2, -0.15) is 18.4 Å². The molecule has 0 unspecified atom stereocenters. The number of allylic oxidation sites excluding steroid dienone is 1. The maximum absolute atomic E-state index is 13.3. The average Bonchev–Trinajstić information content (AvgIpc) is 2.82. The van der Waals surface area contributed by atoms with Crippen molar-refractivity contribution in [3.8, 4) is 11.8 Å². The number of nitrogens with one attached hydrogen (secondary N) is 1. The van der Waals surface area contributed by atoms with E-state index in [-0.39, 0.29) is 22.6 Å². The van der Waals surface area contributed by atoms with Crippen molar-refractivity contribution in [1.82, 2.24) is 9.13 Å². The molecule has 5 N–H and O–H groups in total. The average molecular weight is 534 g/mol. The summed E-state index contributed by atoms with van der Waals surface area (Å²) in [5, 5.41) is 23.2. The lowest BCUT2D eigenvalue weighted by molar-refractivity contribution is -0.469. The molecule has 14 heteroatoms. The van der Waals surface area contributed by atoms with E-state index in [1.807, 2.05) is 6.07 Å². The minimum Gasteiger partial charge on any atom is -0.307 e. The van der Waals surface area contributed by atoms with E-state index in [0.29, 0.717) is 28.1 Å². The van der Waals surface area contributed by atoms with Crippen LogP contribution in [0.5, 0.6) is 0 Å². The van der Waals surface area contributed by atoms with E-state index >= 15 is 0 Å². The highest BCUT2D eigenvalue weighted by Gasteiger charge is 2.32. The van der Waals surface area contributed by atoms with Crippen LogP contribution in [0.3, 0.4) is 0 Å². The molecular formula is C23H20F3N6O4S+. The van der Waals surface area contributed by atoms with Gasteiger partial charge in [-0.05, 0) is 37.3 Å². The molecule has 192 valence electrons. The molecule has 0 atom stereocenters. The van der Waals surface area contributed by atoms with Crippen LogP contribution in [0.4, 0.5) is 18.9 Å². The van der Waals surface area contributed by atoms with Crippen LogP contribution in [0.25, 0.3) is 11.4 Å². The van der Waals surface area contributed by atoms with Crippen LogP contribution in [0.2, 0.25) is 0 Å². The summed E-state index contributed by atoms with van der Waals surface area (Å²) in [6, 6.07) is 11.5. The van der Waals surface area contributed by atoms with E-state index in [4.69, 9.17) is 15.8 Å². The zero-order valence-electron chi connectivity index (χ0n) is 19.4. The molecule has 0 aliphatic heterocycles. The van der Waals surface area contributed by atoms with Crippen LogP contribution in [0.15, 0.2) is 63.0 Å². The Kier molecular flexibility index (Phi) is 7.35. The largest absolute Gasteiger partial charge is 0.416 e. The number of quaternary nitrogens is 1. The van der Waals surface area contributed by atoms with Gasteiger partial charge in [0.05, 0.1) is 22.9 Å². The minimum atomic E-state index is -4.72. The number of benzene rings is 2. The molecule has 0 aliphatic rings. The zero-order chi connectivity index (χ0) is 27.7. The maximum Gasteiger partial charge on any atom is 0.416 e. The number of rotatable bonds is 6. The smallest absolute Gasteiger partial charge is 0.307 e. The van der Waals surface area contributed by atoms with Crippen LogP contribution in [0, 0.1) is 23.7 Å². The molecule has 1 heterocycles. The number of alkyl halides is 3. The Morgan fingerprint density at radius 3 is 2.30 bits per heavy atom. The Labute approximate surface area is 208 Å². The van der Waals surface area contributed by atoms with Crippen molar-refractivity contribution in [2.45, 2.75) is 13.1 Å². The van der Waals surface area contributed by atoms with Crippen LogP contribution in [-0.4, -0.2) is 23.8 Å². The van der Waals surface area contributed by atoms with Gasteiger partial charge in [-0.3, -0.25) is 19.2 Å². The van der Waals surface area contributed by atoms with Crippen molar-refractivity contribution < 1.29 is 26.9 Å². The van der Waals surface area contributed by atoms with Crippen molar-refractivity contribution in [2.24, 2.45) is 12.2 Å². The van der Waals surface area contributed by atoms with E-state index in [9.17, 15) is 31.2 Å². The topological polar surface area (TPSA) is 168 Å². The molecular weight excluding hydrogens is 513 g/mol. The third-order valence-corrected chi connectivity index (χ3v) is 6.40. The van der Waals surface area contributed by atoms with Gasteiger partial charge in [0, 0.05) is 31.1 Å². The Hall–Kier alpha value is -4.32. The molecule has 10 nitrogen and oxygen atoms in total. The van der Waals surface area contributed by atoms with Crippen molar-refractivity contribution in [3.63, 3.8) is 0 Å². The number of nitriles is 1. The normalized spacial score (nSPS) is 12.6. The van der Waals surface area contributed by atoms with E-state index < -0.39 is 37.9 Å². The first-order chi connectivity index (χ1) is 17.2. The quantitative estimate of drug-likeness (QED) is 0.319. The first kappa shape index (κ1) is 27.3. The first-order valence-corrected chi connectivity index (χ1v) is 11.9. The van der Waals surface area contributed by atoms with Gasteiger partial charge < -0.3 is 5.41 Å². The minimum absolute atomic E-state index is 0.185. The molecule has 1 aromatic heterocycles. The first-order valence-electron chi connectivity index (χ1n) is 10.3. The zero-order valence-corrected chi connectivity index (χ0v) is 20.2. The van der Waals surface area contributed by atoms with Gasteiger partial charge in [-0.25, -0.2) is 18.4 Å². The molecule has 3 aromatic rings. The third-order valence-electron chi connectivity index (χ3n) is 5.45. The summed E-state index contributed by atoms with van der Waals surface area (Å²) < 4.78 is 66.2. The second-order valence-corrected chi connectivity index (χ2v) is 9.37. The molecule has 2 aromatic carbocycles. The van der Waals surface area contributed by atoms with Gasteiger partial charge >= 0.3 is 11.9 Å². The fourth-order valence-electron chi connectivity index (χ4n) is 3.65. The lowest BCUT2D eigenvalue weighted by atomic mass is 10.1. The predicted octanol–water partition coefficient (Wildman–Crippen LogP) is 1.24. The molecule has 0 bridgehead atoms. The number of sulfonamides is 1. The summed E-state index contributed by atoms with van der Waals surface area (Å²) >= 11 is 0. The van der Waals surface area contributed by atoms with Crippen LogP contribution in [-0.2, 0) is 23.2 Å². The number of nitrogens with two attached hydrogens (primary N) is 2. The summed E-state index contributed by atoms with van der Waals surface area (Å²) in [7, 11) is -3.51. The molecule has 0 fully saturated rings. The van der Waals surface area contributed by atoms with Crippen LogP contribution >= 0.6 is 0 Å². The Bertz CT molecular complexity index is 1700. The lowest BCUT2D eigenvalue weighted by Crippen LogP contribution is -2.76. The van der Waals surface area contributed by atoms with Gasteiger partial charge in [-0.15, -0.1) is 0 Å². The van der Waals surface area contributed by atoms with Crippen molar-refractivity contribution in [3.05, 3.63) is 96.7 Å². The Morgan fingerprint density at radius 2 is 1.78 bits per heavy atom. The highest BCUT2D eigenvalue weighted by atomic mass is 32.2. The monoisotopic (exact) mass is 533 g/mol. The summed E-state index contributed by atoms with van der Waals surface area (Å²) in [5.41, 5.74) is -3.52. The van der Waals surface area contributed by atoms with Gasteiger partial charge in [0.15, 0.2) is 10.6 Å². The lowest BCUT2D eigenvalue weighted by Gasteiger charge is -2.18. The molecule has 0 saturated carbocycles. The van der Waals surface area contributed by atoms with Gasteiger partial charge in [-0.1, -0.05) is 6.07 Å². The number of primary sulfonamides is 1. The maximum atomic E-state index is 13.3. The Morgan fingerprint density at radius 1 is 1.16 bits per heavy atom. The van der Waals surface area contributed by atoms with Gasteiger partial charge in [0.2, 0.25) is 10.0 Å².